The SMILES string of the molecule is CCCCCCCCCC/C=C\CCCCCCCCCCCCCCCCCCCCCCCCCC(=O)OC(COC(=O)CCCCCCCCCCCCCCCCC/C=C\CCCCCCCCCC)COP(=O)([O-])OCC[N+](C)(C)C. The summed E-state index contributed by atoms with van der Waals surface area (Å²) in [5.41, 5.74) is 0. The maximum absolute atomic E-state index is 12.9. The van der Waals surface area contributed by atoms with Crippen LogP contribution < -0.4 is 4.89 Å². The topological polar surface area (TPSA) is 111 Å². The number of phosphoric ester groups is 1. The number of likely N-dealkylation sites (N-methyl/N-ethyl adjacent to an activating group) is 1. The van der Waals surface area contributed by atoms with E-state index < -0.39 is 26.5 Å². The molecule has 0 rings (SSSR count). The van der Waals surface area contributed by atoms with E-state index in [1.165, 1.54) is 334 Å². The molecular weight excluding hydrogens is 1090 g/mol. The van der Waals surface area contributed by atoms with E-state index in [4.69, 9.17) is 18.5 Å². The van der Waals surface area contributed by atoms with E-state index in [-0.39, 0.29) is 32.0 Å². The van der Waals surface area contributed by atoms with E-state index in [1.807, 2.05) is 21.1 Å². The third-order valence-electron chi connectivity index (χ3n) is 17.4. The van der Waals surface area contributed by atoms with Crippen molar-refractivity contribution in [2.75, 3.05) is 47.5 Å². The molecule has 0 saturated heterocycles. The summed E-state index contributed by atoms with van der Waals surface area (Å²) in [6.45, 7) is 4.32. The minimum Gasteiger partial charge on any atom is -0.756 e. The number of esters is 2. The van der Waals surface area contributed by atoms with Crippen molar-refractivity contribution in [3.8, 4) is 0 Å². The van der Waals surface area contributed by atoms with Gasteiger partial charge in [-0.25, -0.2) is 0 Å². The number of ether oxygens (including phenoxy) is 2. The monoisotopic (exact) mass is 1230 g/mol. The number of nitrogens with zero attached hydrogens (tertiary/aromatic N) is 1. The highest BCUT2D eigenvalue weighted by Crippen LogP contribution is 2.38. The second kappa shape index (κ2) is 67.9. The number of unbranched alkanes of at least 4 members (excludes halogenated alkanes) is 54. The van der Waals surface area contributed by atoms with Crippen LogP contribution >= 0.6 is 7.82 Å². The van der Waals surface area contributed by atoms with Crippen molar-refractivity contribution in [2.45, 2.75) is 405 Å². The summed E-state index contributed by atoms with van der Waals surface area (Å²) in [7, 11) is 1.19. The van der Waals surface area contributed by atoms with Gasteiger partial charge in [0.1, 0.15) is 19.8 Å². The van der Waals surface area contributed by atoms with Crippen LogP contribution in [0.25, 0.3) is 0 Å². The van der Waals surface area contributed by atoms with Gasteiger partial charge in [-0.15, -0.1) is 0 Å². The molecule has 0 N–H and O–H groups in total. The molecule has 0 radical (unpaired) electrons. The van der Waals surface area contributed by atoms with Crippen LogP contribution in [0.4, 0.5) is 0 Å². The Morgan fingerprint density at radius 1 is 0.349 bits per heavy atom. The first-order chi connectivity index (χ1) is 42.0. The van der Waals surface area contributed by atoms with E-state index in [9.17, 15) is 19.0 Å². The number of hydrogen-bond acceptors (Lipinski definition) is 8. The van der Waals surface area contributed by atoms with Gasteiger partial charge in [0.05, 0.1) is 27.7 Å². The molecule has 0 aliphatic rings. The molecule has 0 aliphatic carbocycles. The first kappa shape index (κ1) is 84.5. The largest absolute Gasteiger partial charge is 0.756 e. The number of carbonyl (C=O) groups is 2. The van der Waals surface area contributed by atoms with Gasteiger partial charge in [0.15, 0.2) is 6.10 Å². The van der Waals surface area contributed by atoms with Gasteiger partial charge in [-0.2, -0.15) is 0 Å². The third-order valence-corrected chi connectivity index (χ3v) is 18.4. The Hall–Kier alpha value is -1.51. The molecule has 510 valence electrons. The van der Waals surface area contributed by atoms with Crippen LogP contribution in [0, 0.1) is 0 Å². The highest BCUT2D eigenvalue weighted by molar-refractivity contribution is 7.45. The van der Waals surface area contributed by atoms with Crippen molar-refractivity contribution in [1.82, 2.24) is 0 Å². The zero-order valence-electron chi connectivity index (χ0n) is 58.3. The van der Waals surface area contributed by atoms with Gasteiger partial charge >= 0.3 is 11.9 Å². The van der Waals surface area contributed by atoms with Gasteiger partial charge in [-0.05, 0) is 64.2 Å². The number of carbonyl (C=O) groups excluding carboxylic acids is 2. The maximum Gasteiger partial charge on any atom is 0.306 e. The summed E-state index contributed by atoms with van der Waals surface area (Å²) in [4.78, 5) is 38.1. The van der Waals surface area contributed by atoms with Crippen LogP contribution in [0.5, 0.6) is 0 Å². The molecule has 9 nitrogen and oxygen atoms in total. The predicted octanol–water partition coefficient (Wildman–Crippen LogP) is 24.2. The van der Waals surface area contributed by atoms with Gasteiger partial charge in [0.25, 0.3) is 7.82 Å². The maximum atomic E-state index is 12.9. The fraction of sp³-hybridized carbons (Fsp3) is 0.921. The molecule has 0 aliphatic heterocycles. The molecule has 2 unspecified atom stereocenters. The predicted molar refractivity (Wildman–Crippen MR) is 370 cm³/mol. The molecule has 0 spiro atoms. The van der Waals surface area contributed by atoms with Crippen LogP contribution in [0.2, 0.25) is 0 Å². The molecule has 0 aromatic carbocycles. The number of quaternary nitrogens is 1. The van der Waals surface area contributed by atoms with Gasteiger partial charge < -0.3 is 27.9 Å². The molecule has 0 amide bonds. The van der Waals surface area contributed by atoms with Crippen LogP contribution in [-0.2, 0) is 32.7 Å². The van der Waals surface area contributed by atoms with Crippen LogP contribution in [-0.4, -0.2) is 70.0 Å². The van der Waals surface area contributed by atoms with Crippen LogP contribution in [0.3, 0.4) is 0 Å². The normalized spacial score (nSPS) is 13.1. The molecule has 86 heavy (non-hydrogen) atoms. The molecular formula is C76H148NO8P. The first-order valence-electron chi connectivity index (χ1n) is 38.0. The Bertz CT molecular complexity index is 1500. The second-order valence-electron chi connectivity index (χ2n) is 27.4. The van der Waals surface area contributed by atoms with Crippen molar-refractivity contribution in [3.05, 3.63) is 24.3 Å². The van der Waals surface area contributed by atoms with Crippen LogP contribution in [0.1, 0.15) is 399 Å². The lowest BCUT2D eigenvalue weighted by Gasteiger charge is -2.28. The summed E-state index contributed by atoms with van der Waals surface area (Å²) in [5.74, 6) is -0.808. The zero-order chi connectivity index (χ0) is 62.6. The number of phosphoric acid groups is 1. The smallest absolute Gasteiger partial charge is 0.306 e. The lowest BCUT2D eigenvalue weighted by molar-refractivity contribution is -0.870. The Balaban J connectivity index is 3.93. The minimum absolute atomic E-state index is 0.0268. The summed E-state index contributed by atoms with van der Waals surface area (Å²) in [5, 5.41) is 0. The molecule has 0 bridgehead atoms. The Morgan fingerprint density at radius 2 is 0.593 bits per heavy atom. The van der Waals surface area contributed by atoms with E-state index >= 15 is 0 Å². The fourth-order valence-electron chi connectivity index (χ4n) is 11.6. The molecule has 0 fully saturated rings. The average Bonchev–Trinajstić information content (AvgIpc) is 3.56. The van der Waals surface area contributed by atoms with Gasteiger partial charge in [-0.3, -0.25) is 14.2 Å². The van der Waals surface area contributed by atoms with Gasteiger partial charge in [0.2, 0.25) is 0 Å². The van der Waals surface area contributed by atoms with E-state index in [0.717, 1.165) is 32.1 Å². The summed E-state index contributed by atoms with van der Waals surface area (Å²) >= 11 is 0. The highest BCUT2D eigenvalue weighted by atomic mass is 31.2. The minimum atomic E-state index is -4.64. The number of hydrogen-bond donors (Lipinski definition) is 0. The van der Waals surface area contributed by atoms with Gasteiger partial charge in [-0.1, -0.05) is 346 Å². The van der Waals surface area contributed by atoms with E-state index in [1.54, 1.807) is 0 Å². The van der Waals surface area contributed by atoms with Crippen molar-refractivity contribution < 1.29 is 42.1 Å². The Morgan fingerprint density at radius 3 is 0.860 bits per heavy atom. The van der Waals surface area contributed by atoms with Crippen molar-refractivity contribution in [3.63, 3.8) is 0 Å². The fourth-order valence-corrected chi connectivity index (χ4v) is 12.3. The van der Waals surface area contributed by atoms with Crippen LogP contribution in [0.15, 0.2) is 24.3 Å². The third kappa shape index (κ3) is 71.6. The summed E-state index contributed by atoms with van der Waals surface area (Å²) in [6.07, 6.45) is 85.8. The molecule has 0 aromatic rings. The highest BCUT2D eigenvalue weighted by Gasteiger charge is 2.22. The first-order valence-corrected chi connectivity index (χ1v) is 39.5. The number of allylic oxidation sites excluding steroid dienone is 4. The lowest BCUT2D eigenvalue weighted by atomic mass is 10.0. The summed E-state index contributed by atoms with van der Waals surface area (Å²) < 4.78 is 34.4. The van der Waals surface area contributed by atoms with E-state index in [2.05, 4.69) is 38.2 Å². The molecule has 0 heterocycles. The van der Waals surface area contributed by atoms with E-state index in [0.29, 0.717) is 17.4 Å². The molecule has 0 aromatic heterocycles. The van der Waals surface area contributed by atoms with Gasteiger partial charge in [0, 0.05) is 12.8 Å². The summed E-state index contributed by atoms with van der Waals surface area (Å²) in [6, 6.07) is 0. The van der Waals surface area contributed by atoms with Crippen molar-refractivity contribution >= 4 is 19.8 Å². The standard InChI is InChI=1S/C76H148NO8P/c1-6-8-10-12-14-16-18-20-22-24-26-28-30-32-34-35-36-37-38-39-40-41-43-45-47-49-51-53-55-57-59-61-63-65-67-69-76(79)85-74(73-84-86(80,81)83-71-70-77(3,4)5)72-82-75(78)68-66-64-62-60-58-56-54-52-50-48-46-44-42-33-31-29-27-25-23-21-19-17-15-13-11-9-7-2/h24-27,74H,6-23,28-73H2,1-5H3/b26-24-,27-25-. The Labute approximate surface area is 536 Å². The van der Waals surface area contributed by atoms with Crippen molar-refractivity contribution in [1.29, 1.82) is 0 Å². The molecule has 0 saturated carbocycles. The Kier molecular flexibility index (Phi) is 66.7. The quantitative estimate of drug-likeness (QED) is 0.0195. The average molecular weight is 1230 g/mol. The number of rotatable bonds is 72. The zero-order valence-corrected chi connectivity index (χ0v) is 59.2. The van der Waals surface area contributed by atoms with Crippen molar-refractivity contribution in [2.24, 2.45) is 0 Å². The second-order valence-corrected chi connectivity index (χ2v) is 28.8. The molecule has 2 atom stereocenters. The molecule has 10 heteroatoms. The lowest BCUT2D eigenvalue weighted by Crippen LogP contribution is -2.37.